The summed E-state index contributed by atoms with van der Waals surface area (Å²) in [5, 5.41) is 1.03. The summed E-state index contributed by atoms with van der Waals surface area (Å²) in [6, 6.07) is 3.05. The molecule has 3 N–H and O–H groups in total. The number of aromatic nitrogens is 2. The number of benzene rings is 1. The molecule has 0 fully saturated rings. The minimum atomic E-state index is 0.0915. The number of hydrogen-bond donors (Lipinski definition) is 2. The van der Waals surface area contributed by atoms with Crippen LogP contribution in [0.2, 0.25) is 15.1 Å². The molecule has 0 atom stereocenters. The minimum absolute atomic E-state index is 0.0915. The van der Waals surface area contributed by atoms with Crippen LogP contribution in [0.4, 0.5) is 5.82 Å². The number of halogens is 3. The van der Waals surface area contributed by atoms with Crippen LogP contribution in [0.3, 0.4) is 0 Å². The highest BCUT2D eigenvalue weighted by Crippen LogP contribution is 2.38. The van der Waals surface area contributed by atoms with Crippen LogP contribution in [0.15, 0.2) is 18.5 Å². The van der Waals surface area contributed by atoms with Gasteiger partial charge in [0.05, 0.1) is 20.6 Å². The van der Waals surface area contributed by atoms with Crippen LogP contribution in [0.1, 0.15) is 25.3 Å². The Kier molecular flexibility index (Phi) is 5.11. The molecule has 1 aromatic heterocycles. The van der Waals surface area contributed by atoms with Crippen LogP contribution < -0.4 is 16.0 Å². The van der Waals surface area contributed by atoms with Crippen molar-refractivity contribution in [3.8, 4) is 11.6 Å². The Hall–Kier alpha value is -1.27. The number of hydrogen-bond acceptors (Lipinski definition) is 5. The van der Waals surface area contributed by atoms with Crippen LogP contribution >= 0.6 is 34.8 Å². The van der Waals surface area contributed by atoms with E-state index in [1.54, 1.807) is 0 Å². The minimum Gasteiger partial charge on any atom is -0.437 e. The third kappa shape index (κ3) is 3.49. The first-order chi connectivity index (χ1) is 9.93. The van der Waals surface area contributed by atoms with Crippen LogP contribution in [0.25, 0.3) is 0 Å². The van der Waals surface area contributed by atoms with E-state index >= 15 is 0 Å². The topological polar surface area (TPSA) is 73.1 Å². The Labute approximate surface area is 137 Å². The fraction of sp³-hybridized carbons (Fsp3) is 0.231. The quantitative estimate of drug-likeness (QED) is 0.479. The predicted molar refractivity (Wildman–Crippen MR) is 85.5 cm³/mol. The number of nitrogen functional groups attached to an aromatic ring is 1. The zero-order chi connectivity index (χ0) is 15.6. The van der Waals surface area contributed by atoms with E-state index in [2.05, 4.69) is 15.4 Å². The standard InChI is InChI=1S/C13H13Cl3N4O/c1-6(2)11-12(20-17)18-5-19-13(11)21-10-4-8(15)7(14)3-9(10)16/h3-6H,17H2,1-2H3,(H,18,19,20). The van der Waals surface area contributed by atoms with Crippen molar-refractivity contribution in [2.24, 2.45) is 5.84 Å². The maximum atomic E-state index is 6.11. The Morgan fingerprint density at radius 1 is 1.10 bits per heavy atom. The average Bonchev–Trinajstić information content (AvgIpc) is 2.44. The van der Waals surface area contributed by atoms with Gasteiger partial charge in [-0.3, -0.25) is 0 Å². The number of nitrogens with zero attached hydrogens (tertiary/aromatic N) is 2. The molecule has 0 saturated heterocycles. The number of hydrazine groups is 1. The smallest absolute Gasteiger partial charge is 0.228 e. The van der Waals surface area contributed by atoms with Gasteiger partial charge in [0, 0.05) is 6.07 Å². The van der Waals surface area contributed by atoms with Crippen LogP contribution in [0.5, 0.6) is 11.6 Å². The van der Waals surface area contributed by atoms with Gasteiger partial charge in [-0.15, -0.1) is 0 Å². The third-order valence-corrected chi connectivity index (χ3v) is 3.76. The van der Waals surface area contributed by atoms with Crippen molar-refractivity contribution in [3.05, 3.63) is 39.1 Å². The molecule has 2 aromatic rings. The summed E-state index contributed by atoms with van der Waals surface area (Å²) >= 11 is 18.0. The van der Waals surface area contributed by atoms with Crippen molar-refractivity contribution in [1.29, 1.82) is 0 Å². The van der Waals surface area contributed by atoms with E-state index in [1.165, 1.54) is 18.5 Å². The molecule has 0 spiro atoms. The second-order valence-electron chi connectivity index (χ2n) is 4.54. The van der Waals surface area contributed by atoms with Gasteiger partial charge >= 0.3 is 0 Å². The molecule has 0 aliphatic heterocycles. The Balaban J connectivity index is 2.47. The van der Waals surface area contributed by atoms with Gasteiger partial charge in [0.25, 0.3) is 0 Å². The SMILES string of the molecule is CC(C)c1c(NN)ncnc1Oc1cc(Cl)c(Cl)cc1Cl. The van der Waals surface area contributed by atoms with Gasteiger partial charge in [0.2, 0.25) is 5.88 Å². The van der Waals surface area contributed by atoms with E-state index in [9.17, 15) is 0 Å². The lowest BCUT2D eigenvalue weighted by atomic mass is 10.1. The van der Waals surface area contributed by atoms with Gasteiger partial charge in [-0.2, -0.15) is 0 Å². The van der Waals surface area contributed by atoms with E-state index in [4.69, 9.17) is 45.4 Å². The molecule has 0 unspecified atom stereocenters. The number of rotatable bonds is 4. The molecule has 0 saturated carbocycles. The first kappa shape index (κ1) is 16.1. The van der Waals surface area contributed by atoms with Gasteiger partial charge in [0.1, 0.15) is 12.1 Å². The third-order valence-electron chi connectivity index (χ3n) is 2.74. The Morgan fingerprint density at radius 2 is 1.76 bits per heavy atom. The second-order valence-corrected chi connectivity index (χ2v) is 5.76. The number of nitrogens with one attached hydrogen (secondary N) is 1. The van der Waals surface area contributed by atoms with Crippen molar-refractivity contribution in [3.63, 3.8) is 0 Å². The maximum absolute atomic E-state index is 6.11. The van der Waals surface area contributed by atoms with E-state index in [0.29, 0.717) is 32.5 Å². The summed E-state index contributed by atoms with van der Waals surface area (Å²) in [6.07, 6.45) is 1.35. The van der Waals surface area contributed by atoms with Crippen LogP contribution in [-0.2, 0) is 0 Å². The summed E-state index contributed by atoms with van der Waals surface area (Å²) in [4.78, 5) is 8.20. The zero-order valence-electron chi connectivity index (χ0n) is 11.3. The first-order valence-electron chi connectivity index (χ1n) is 6.08. The molecule has 0 bridgehead atoms. The van der Waals surface area contributed by atoms with Crippen molar-refractivity contribution in [2.45, 2.75) is 19.8 Å². The molecule has 112 valence electrons. The molecule has 0 aliphatic carbocycles. The predicted octanol–water partition coefficient (Wildman–Crippen LogP) is 4.64. The highest BCUT2D eigenvalue weighted by Gasteiger charge is 2.18. The molecule has 5 nitrogen and oxygen atoms in total. The van der Waals surface area contributed by atoms with Crippen molar-refractivity contribution in [2.75, 3.05) is 5.43 Å². The summed E-state index contributed by atoms with van der Waals surface area (Å²) < 4.78 is 5.76. The average molecular weight is 348 g/mol. The largest absolute Gasteiger partial charge is 0.437 e. The van der Waals surface area contributed by atoms with Gasteiger partial charge in [-0.25, -0.2) is 15.8 Å². The summed E-state index contributed by atoms with van der Waals surface area (Å²) in [7, 11) is 0. The van der Waals surface area contributed by atoms with E-state index in [1.807, 2.05) is 13.8 Å². The molecular formula is C13H13Cl3N4O. The molecule has 0 radical (unpaired) electrons. The van der Waals surface area contributed by atoms with Crippen LogP contribution in [0, 0.1) is 0 Å². The molecule has 0 amide bonds. The molecule has 1 heterocycles. The second kappa shape index (κ2) is 6.66. The lowest BCUT2D eigenvalue weighted by Crippen LogP contribution is -2.13. The monoisotopic (exact) mass is 346 g/mol. The van der Waals surface area contributed by atoms with E-state index < -0.39 is 0 Å². The molecule has 21 heavy (non-hydrogen) atoms. The molecule has 8 heteroatoms. The number of nitrogens with two attached hydrogens (primary N) is 1. The molecular weight excluding hydrogens is 335 g/mol. The molecule has 2 rings (SSSR count). The molecule has 0 aliphatic rings. The Bertz CT molecular complexity index is 664. The first-order valence-corrected chi connectivity index (χ1v) is 7.21. The number of ether oxygens (including phenoxy) is 1. The summed E-state index contributed by atoms with van der Waals surface area (Å²) in [5.74, 6) is 6.76. The van der Waals surface area contributed by atoms with Gasteiger partial charge < -0.3 is 10.2 Å². The van der Waals surface area contributed by atoms with E-state index in [-0.39, 0.29) is 5.92 Å². The fourth-order valence-electron chi connectivity index (χ4n) is 1.78. The van der Waals surface area contributed by atoms with Gasteiger partial charge in [-0.1, -0.05) is 48.7 Å². The lowest BCUT2D eigenvalue weighted by Gasteiger charge is -2.16. The summed E-state index contributed by atoms with van der Waals surface area (Å²) in [6.45, 7) is 3.95. The molecule has 1 aromatic carbocycles. The lowest BCUT2D eigenvalue weighted by molar-refractivity contribution is 0.452. The Morgan fingerprint density at radius 3 is 2.38 bits per heavy atom. The highest BCUT2D eigenvalue weighted by molar-refractivity contribution is 6.43. The van der Waals surface area contributed by atoms with Crippen molar-refractivity contribution < 1.29 is 4.74 Å². The highest BCUT2D eigenvalue weighted by atomic mass is 35.5. The van der Waals surface area contributed by atoms with Gasteiger partial charge in [-0.05, 0) is 12.0 Å². The van der Waals surface area contributed by atoms with Gasteiger partial charge in [0.15, 0.2) is 5.82 Å². The van der Waals surface area contributed by atoms with E-state index in [0.717, 1.165) is 5.56 Å². The summed E-state index contributed by atoms with van der Waals surface area (Å²) in [5.41, 5.74) is 3.27. The fourth-order valence-corrected chi connectivity index (χ4v) is 2.36. The zero-order valence-corrected chi connectivity index (χ0v) is 13.6. The normalized spacial score (nSPS) is 10.8. The van der Waals surface area contributed by atoms with Crippen LogP contribution in [-0.4, -0.2) is 9.97 Å². The van der Waals surface area contributed by atoms with Crippen molar-refractivity contribution in [1.82, 2.24) is 9.97 Å². The number of anilines is 1. The van der Waals surface area contributed by atoms with Crippen molar-refractivity contribution >= 4 is 40.6 Å². The maximum Gasteiger partial charge on any atom is 0.228 e.